The van der Waals surface area contributed by atoms with Gasteiger partial charge in [-0.1, -0.05) is 30.3 Å². The Labute approximate surface area is 156 Å². The highest BCUT2D eigenvalue weighted by Crippen LogP contribution is 2.28. The molecule has 27 heavy (non-hydrogen) atoms. The standard InChI is InChI=1S/C21H19N5O/c27-20(23-9-8-17-12-22-14-26-17)7-6-15-10-18-19(13-25-21(18)24-11-15)16-4-2-1-3-5-16/h1-7,10-14H,8-9H2,(H,22,26)(H,23,27)(H,24,25)/b7-6+. The number of amides is 1. The third-order valence-corrected chi connectivity index (χ3v) is 4.31. The lowest BCUT2D eigenvalue weighted by molar-refractivity contribution is -0.116. The maximum absolute atomic E-state index is 12.0. The number of rotatable bonds is 6. The van der Waals surface area contributed by atoms with Crippen LogP contribution in [-0.2, 0) is 11.2 Å². The summed E-state index contributed by atoms with van der Waals surface area (Å²) in [6.45, 7) is 0.554. The average Bonchev–Trinajstić information content (AvgIpc) is 3.36. The summed E-state index contributed by atoms with van der Waals surface area (Å²) in [5.74, 6) is -0.132. The van der Waals surface area contributed by atoms with Crippen LogP contribution in [0.3, 0.4) is 0 Å². The monoisotopic (exact) mass is 357 g/mol. The van der Waals surface area contributed by atoms with Crippen LogP contribution in [0.4, 0.5) is 0 Å². The SMILES string of the molecule is O=C(/C=C/c1cnc2[nH]cc(-c3ccccc3)c2c1)NCCc1cnc[nH]1. The van der Waals surface area contributed by atoms with Crippen LogP contribution in [0, 0.1) is 0 Å². The molecule has 6 nitrogen and oxygen atoms in total. The number of hydrogen-bond acceptors (Lipinski definition) is 3. The molecule has 0 fully saturated rings. The van der Waals surface area contributed by atoms with Crippen LogP contribution in [-0.4, -0.2) is 32.4 Å². The molecule has 0 saturated carbocycles. The molecule has 3 heterocycles. The van der Waals surface area contributed by atoms with Crippen molar-refractivity contribution in [3.8, 4) is 11.1 Å². The van der Waals surface area contributed by atoms with E-state index in [2.05, 4.69) is 37.4 Å². The van der Waals surface area contributed by atoms with E-state index in [1.807, 2.05) is 30.5 Å². The second-order valence-corrected chi connectivity index (χ2v) is 6.18. The highest BCUT2D eigenvalue weighted by Gasteiger charge is 2.07. The van der Waals surface area contributed by atoms with E-state index in [0.717, 1.165) is 39.8 Å². The van der Waals surface area contributed by atoms with Crippen molar-refractivity contribution < 1.29 is 4.79 Å². The largest absolute Gasteiger partial charge is 0.352 e. The van der Waals surface area contributed by atoms with Crippen molar-refractivity contribution in [1.29, 1.82) is 0 Å². The van der Waals surface area contributed by atoms with E-state index in [1.165, 1.54) is 6.08 Å². The van der Waals surface area contributed by atoms with Crippen LogP contribution >= 0.6 is 0 Å². The molecule has 0 radical (unpaired) electrons. The topological polar surface area (TPSA) is 86.5 Å². The summed E-state index contributed by atoms with van der Waals surface area (Å²) in [5, 5.41) is 3.89. The molecule has 4 rings (SSSR count). The fourth-order valence-corrected chi connectivity index (χ4v) is 2.94. The Morgan fingerprint density at radius 2 is 2.04 bits per heavy atom. The molecule has 0 atom stereocenters. The fraction of sp³-hybridized carbons (Fsp3) is 0.0952. The zero-order chi connectivity index (χ0) is 18.5. The fourth-order valence-electron chi connectivity index (χ4n) is 2.94. The van der Waals surface area contributed by atoms with Crippen molar-refractivity contribution >= 4 is 23.0 Å². The summed E-state index contributed by atoms with van der Waals surface area (Å²) in [5.41, 5.74) is 4.92. The maximum atomic E-state index is 12.0. The lowest BCUT2D eigenvalue weighted by Crippen LogP contribution is -2.23. The number of fused-ring (bicyclic) bond motifs is 1. The molecule has 0 aliphatic carbocycles. The van der Waals surface area contributed by atoms with Gasteiger partial charge in [-0.15, -0.1) is 0 Å². The molecule has 134 valence electrons. The molecular weight excluding hydrogens is 338 g/mol. The summed E-state index contributed by atoms with van der Waals surface area (Å²) in [7, 11) is 0. The number of carbonyl (C=O) groups excluding carboxylic acids is 1. The number of nitrogens with zero attached hydrogens (tertiary/aromatic N) is 2. The molecule has 1 amide bonds. The number of aromatic amines is 2. The Kier molecular flexibility index (Phi) is 4.78. The summed E-state index contributed by atoms with van der Waals surface area (Å²) in [4.78, 5) is 26.6. The average molecular weight is 357 g/mol. The molecule has 3 N–H and O–H groups in total. The van der Waals surface area contributed by atoms with Gasteiger partial charge in [-0.05, 0) is 23.3 Å². The Bertz CT molecular complexity index is 1060. The van der Waals surface area contributed by atoms with Gasteiger partial charge in [0.2, 0.25) is 5.91 Å². The molecule has 0 unspecified atom stereocenters. The minimum atomic E-state index is -0.132. The first-order chi connectivity index (χ1) is 13.3. The van der Waals surface area contributed by atoms with Crippen molar-refractivity contribution in [2.45, 2.75) is 6.42 Å². The molecule has 0 saturated heterocycles. The van der Waals surface area contributed by atoms with Crippen LogP contribution in [0.15, 0.2) is 67.4 Å². The van der Waals surface area contributed by atoms with Crippen LogP contribution in [0.5, 0.6) is 0 Å². The summed E-state index contributed by atoms with van der Waals surface area (Å²) >= 11 is 0. The first kappa shape index (κ1) is 16.8. The van der Waals surface area contributed by atoms with Gasteiger partial charge < -0.3 is 15.3 Å². The van der Waals surface area contributed by atoms with Gasteiger partial charge in [-0.25, -0.2) is 9.97 Å². The Hall–Kier alpha value is -3.67. The van der Waals surface area contributed by atoms with E-state index < -0.39 is 0 Å². The molecule has 0 aliphatic rings. The predicted octanol–water partition coefficient (Wildman–Crippen LogP) is 3.33. The quantitative estimate of drug-likeness (QED) is 0.463. The molecule has 0 aliphatic heterocycles. The highest BCUT2D eigenvalue weighted by molar-refractivity contribution is 5.96. The normalized spacial score (nSPS) is 11.3. The third-order valence-electron chi connectivity index (χ3n) is 4.31. The van der Waals surface area contributed by atoms with Crippen LogP contribution in [0.25, 0.3) is 28.2 Å². The first-order valence-corrected chi connectivity index (χ1v) is 8.75. The van der Waals surface area contributed by atoms with Gasteiger partial charge in [-0.2, -0.15) is 0 Å². The van der Waals surface area contributed by atoms with E-state index in [-0.39, 0.29) is 5.91 Å². The summed E-state index contributed by atoms with van der Waals surface area (Å²) in [6, 6.07) is 12.2. The molecule has 4 aromatic rings. The highest BCUT2D eigenvalue weighted by atomic mass is 16.1. The summed E-state index contributed by atoms with van der Waals surface area (Å²) in [6.07, 6.45) is 11.1. The van der Waals surface area contributed by atoms with Crippen LogP contribution in [0.1, 0.15) is 11.3 Å². The van der Waals surface area contributed by atoms with E-state index >= 15 is 0 Å². The third kappa shape index (κ3) is 3.95. The van der Waals surface area contributed by atoms with E-state index in [9.17, 15) is 4.79 Å². The van der Waals surface area contributed by atoms with E-state index in [4.69, 9.17) is 0 Å². The van der Waals surface area contributed by atoms with Crippen molar-refractivity contribution in [2.75, 3.05) is 6.54 Å². The number of H-pyrrole nitrogens is 2. The summed E-state index contributed by atoms with van der Waals surface area (Å²) < 4.78 is 0. The lowest BCUT2D eigenvalue weighted by Gasteiger charge is -2.01. The van der Waals surface area contributed by atoms with Gasteiger partial charge in [0.05, 0.1) is 6.33 Å². The minimum absolute atomic E-state index is 0.132. The van der Waals surface area contributed by atoms with E-state index in [0.29, 0.717) is 6.54 Å². The molecule has 1 aromatic carbocycles. The van der Waals surface area contributed by atoms with Crippen molar-refractivity contribution in [3.63, 3.8) is 0 Å². The molecular formula is C21H19N5O. The molecule has 3 aromatic heterocycles. The Morgan fingerprint density at radius 3 is 2.85 bits per heavy atom. The Morgan fingerprint density at radius 1 is 1.15 bits per heavy atom. The van der Waals surface area contributed by atoms with Gasteiger partial charge in [0.15, 0.2) is 0 Å². The zero-order valence-electron chi connectivity index (χ0n) is 14.6. The van der Waals surface area contributed by atoms with Crippen molar-refractivity contribution in [2.24, 2.45) is 0 Å². The molecule has 0 spiro atoms. The van der Waals surface area contributed by atoms with Gasteiger partial charge >= 0.3 is 0 Å². The zero-order valence-corrected chi connectivity index (χ0v) is 14.6. The second-order valence-electron chi connectivity index (χ2n) is 6.18. The number of aromatic nitrogens is 4. The van der Waals surface area contributed by atoms with Gasteiger partial charge in [0.25, 0.3) is 0 Å². The number of carbonyl (C=O) groups is 1. The number of nitrogens with one attached hydrogen (secondary N) is 3. The van der Waals surface area contributed by atoms with Crippen LogP contribution < -0.4 is 5.32 Å². The predicted molar refractivity (Wildman–Crippen MR) is 106 cm³/mol. The minimum Gasteiger partial charge on any atom is -0.352 e. The Balaban J connectivity index is 1.45. The van der Waals surface area contributed by atoms with Crippen molar-refractivity contribution in [3.05, 3.63) is 78.6 Å². The van der Waals surface area contributed by atoms with Crippen LogP contribution in [0.2, 0.25) is 0 Å². The second kappa shape index (κ2) is 7.70. The first-order valence-electron chi connectivity index (χ1n) is 8.75. The number of pyridine rings is 1. The number of imidazole rings is 1. The number of hydrogen-bond donors (Lipinski definition) is 3. The number of benzene rings is 1. The van der Waals surface area contributed by atoms with Gasteiger partial charge in [0.1, 0.15) is 5.65 Å². The van der Waals surface area contributed by atoms with Gasteiger partial charge in [0, 0.05) is 54.3 Å². The molecule has 0 bridgehead atoms. The maximum Gasteiger partial charge on any atom is 0.244 e. The van der Waals surface area contributed by atoms with Crippen molar-refractivity contribution in [1.82, 2.24) is 25.3 Å². The molecule has 6 heteroatoms. The lowest BCUT2D eigenvalue weighted by atomic mass is 10.1. The van der Waals surface area contributed by atoms with Gasteiger partial charge in [-0.3, -0.25) is 4.79 Å². The van der Waals surface area contributed by atoms with E-state index in [1.54, 1.807) is 24.8 Å². The smallest absolute Gasteiger partial charge is 0.244 e.